The lowest BCUT2D eigenvalue weighted by Gasteiger charge is -2.33. The molecular weight excluding hydrogens is 446 g/mol. The molecule has 5 aromatic rings. The van der Waals surface area contributed by atoms with E-state index in [1.54, 1.807) is 0 Å². The number of fused-ring (bicyclic) bond motifs is 3. The summed E-state index contributed by atoms with van der Waals surface area (Å²) < 4.78 is 0. The van der Waals surface area contributed by atoms with Crippen LogP contribution in [0.1, 0.15) is 25.0 Å². The van der Waals surface area contributed by atoms with Crippen molar-refractivity contribution >= 4 is 28.7 Å². The van der Waals surface area contributed by atoms with Gasteiger partial charge in [0.1, 0.15) is 0 Å². The van der Waals surface area contributed by atoms with Crippen molar-refractivity contribution in [2.24, 2.45) is 0 Å². The molecule has 0 N–H and O–H groups in total. The quantitative estimate of drug-likeness (QED) is 0.252. The third-order valence-electron chi connectivity index (χ3n) is 7.10. The predicted molar refractivity (Wildman–Crippen MR) is 149 cm³/mol. The molecule has 0 fully saturated rings. The number of benzene rings is 5. The molecule has 1 aliphatic carbocycles. The zero-order chi connectivity index (χ0) is 24.0. The zero-order valence-electron chi connectivity index (χ0n) is 19.9. The van der Waals surface area contributed by atoms with E-state index >= 15 is 0 Å². The Hall–Kier alpha value is -3.81. The van der Waals surface area contributed by atoms with Gasteiger partial charge in [-0.2, -0.15) is 0 Å². The van der Waals surface area contributed by atoms with Gasteiger partial charge in [0.15, 0.2) is 0 Å². The van der Waals surface area contributed by atoms with Crippen molar-refractivity contribution in [1.82, 2.24) is 0 Å². The summed E-state index contributed by atoms with van der Waals surface area (Å²) in [4.78, 5) is 2.38. The first-order valence-electron chi connectivity index (χ1n) is 12.0. The number of halogens is 1. The van der Waals surface area contributed by atoms with E-state index in [1.165, 1.54) is 39.1 Å². The van der Waals surface area contributed by atoms with Gasteiger partial charge in [0.2, 0.25) is 0 Å². The second-order valence-corrected chi connectivity index (χ2v) is 10.0. The van der Waals surface area contributed by atoms with Crippen LogP contribution in [0.5, 0.6) is 0 Å². The average Bonchev–Trinajstić information content (AvgIpc) is 3.13. The van der Waals surface area contributed by atoms with Crippen molar-refractivity contribution in [1.29, 1.82) is 0 Å². The molecule has 1 aliphatic rings. The van der Waals surface area contributed by atoms with Crippen LogP contribution in [0.15, 0.2) is 121 Å². The SMILES string of the molecule is CC1(C)c2ccccc2-c2cccc(N(c3cccc(Cl)c3)c3ccccc3-c3ccccc3)c21. The first-order valence-corrected chi connectivity index (χ1v) is 12.4. The maximum absolute atomic E-state index is 6.54. The van der Waals surface area contributed by atoms with Crippen LogP contribution in [-0.4, -0.2) is 0 Å². The van der Waals surface area contributed by atoms with Gasteiger partial charge in [-0.25, -0.2) is 0 Å². The van der Waals surface area contributed by atoms with Crippen LogP contribution in [0.2, 0.25) is 5.02 Å². The van der Waals surface area contributed by atoms with Crippen LogP contribution in [0.3, 0.4) is 0 Å². The molecular formula is C33H26ClN. The van der Waals surface area contributed by atoms with E-state index in [2.05, 4.69) is 128 Å². The fourth-order valence-electron chi connectivity index (χ4n) is 5.56. The van der Waals surface area contributed by atoms with Crippen molar-refractivity contribution in [3.05, 3.63) is 137 Å². The molecule has 0 aliphatic heterocycles. The van der Waals surface area contributed by atoms with Crippen LogP contribution < -0.4 is 4.90 Å². The Bertz CT molecular complexity index is 1530. The van der Waals surface area contributed by atoms with Crippen molar-refractivity contribution in [3.63, 3.8) is 0 Å². The maximum atomic E-state index is 6.54. The van der Waals surface area contributed by atoms with Crippen molar-refractivity contribution in [2.75, 3.05) is 4.90 Å². The van der Waals surface area contributed by atoms with Gasteiger partial charge in [-0.1, -0.05) is 116 Å². The minimum Gasteiger partial charge on any atom is -0.309 e. The van der Waals surface area contributed by atoms with Crippen LogP contribution in [0.25, 0.3) is 22.3 Å². The number of anilines is 3. The minimum absolute atomic E-state index is 0.138. The molecule has 6 rings (SSSR count). The molecule has 0 saturated heterocycles. The largest absolute Gasteiger partial charge is 0.309 e. The molecule has 0 aromatic heterocycles. The highest BCUT2D eigenvalue weighted by Crippen LogP contribution is 2.54. The highest BCUT2D eigenvalue weighted by Gasteiger charge is 2.38. The van der Waals surface area contributed by atoms with E-state index < -0.39 is 0 Å². The first kappa shape index (κ1) is 21.7. The predicted octanol–water partition coefficient (Wildman–Crippen LogP) is 9.78. The first-order chi connectivity index (χ1) is 17.1. The molecule has 0 amide bonds. The summed E-state index contributed by atoms with van der Waals surface area (Å²) in [5, 5.41) is 0.722. The Labute approximate surface area is 212 Å². The second kappa shape index (κ2) is 8.45. The standard InChI is InChI=1S/C33H26ClN/c1-33(2)29-19-8-6-17-27(29)28-18-11-21-31(32(28)33)35(25-15-10-14-24(34)22-25)30-20-9-7-16-26(30)23-12-4-3-5-13-23/h3-22H,1-2H3. The summed E-state index contributed by atoms with van der Waals surface area (Å²) >= 11 is 6.54. The van der Waals surface area contributed by atoms with Gasteiger partial charge in [-0.15, -0.1) is 0 Å². The van der Waals surface area contributed by atoms with Gasteiger partial charge in [0, 0.05) is 21.7 Å². The molecule has 1 nitrogen and oxygen atoms in total. The number of hydrogen-bond donors (Lipinski definition) is 0. The minimum atomic E-state index is -0.138. The summed E-state index contributed by atoms with van der Waals surface area (Å²) in [6, 6.07) is 42.8. The van der Waals surface area contributed by atoms with E-state index in [9.17, 15) is 0 Å². The molecule has 0 atom stereocenters. The Morgan fingerprint density at radius 1 is 0.571 bits per heavy atom. The summed E-state index contributed by atoms with van der Waals surface area (Å²) in [5.41, 5.74) is 10.9. The fraction of sp³-hybridized carbons (Fsp3) is 0.0909. The van der Waals surface area contributed by atoms with Gasteiger partial charge in [0.25, 0.3) is 0 Å². The Kier molecular flexibility index (Phi) is 5.24. The fourth-order valence-corrected chi connectivity index (χ4v) is 5.74. The highest BCUT2D eigenvalue weighted by atomic mass is 35.5. The van der Waals surface area contributed by atoms with Crippen LogP contribution in [0.4, 0.5) is 17.1 Å². The van der Waals surface area contributed by atoms with E-state index in [0.717, 1.165) is 16.4 Å². The van der Waals surface area contributed by atoms with Gasteiger partial charge < -0.3 is 4.90 Å². The van der Waals surface area contributed by atoms with Gasteiger partial charge in [-0.05, 0) is 58.1 Å². The van der Waals surface area contributed by atoms with E-state index in [-0.39, 0.29) is 5.41 Å². The summed E-state index contributed by atoms with van der Waals surface area (Å²) in [6.45, 7) is 4.67. The molecule has 0 saturated carbocycles. The monoisotopic (exact) mass is 471 g/mol. The number of nitrogens with zero attached hydrogens (tertiary/aromatic N) is 1. The van der Waals surface area contributed by atoms with E-state index in [0.29, 0.717) is 0 Å². The van der Waals surface area contributed by atoms with Crippen molar-refractivity contribution in [3.8, 4) is 22.3 Å². The number of rotatable bonds is 4. The molecule has 0 unspecified atom stereocenters. The summed E-state index contributed by atoms with van der Waals surface area (Å²) in [7, 11) is 0. The second-order valence-electron chi connectivity index (χ2n) is 9.57. The molecule has 0 bridgehead atoms. The van der Waals surface area contributed by atoms with E-state index in [1.807, 2.05) is 12.1 Å². The van der Waals surface area contributed by atoms with Crippen LogP contribution in [-0.2, 0) is 5.41 Å². The molecule has 2 heteroatoms. The lowest BCUT2D eigenvalue weighted by Crippen LogP contribution is -2.21. The van der Waals surface area contributed by atoms with E-state index in [4.69, 9.17) is 11.6 Å². The van der Waals surface area contributed by atoms with Gasteiger partial charge in [-0.3, -0.25) is 0 Å². The third-order valence-corrected chi connectivity index (χ3v) is 7.33. The molecule has 0 spiro atoms. The normalized spacial score (nSPS) is 13.2. The third kappa shape index (κ3) is 3.55. The van der Waals surface area contributed by atoms with Crippen LogP contribution >= 0.6 is 11.6 Å². The zero-order valence-corrected chi connectivity index (χ0v) is 20.6. The summed E-state index contributed by atoms with van der Waals surface area (Å²) in [5.74, 6) is 0. The molecule has 0 heterocycles. The van der Waals surface area contributed by atoms with Crippen molar-refractivity contribution in [2.45, 2.75) is 19.3 Å². The molecule has 0 radical (unpaired) electrons. The average molecular weight is 472 g/mol. The summed E-state index contributed by atoms with van der Waals surface area (Å²) in [6.07, 6.45) is 0. The molecule has 5 aromatic carbocycles. The smallest absolute Gasteiger partial charge is 0.0540 e. The van der Waals surface area contributed by atoms with Crippen LogP contribution in [0, 0.1) is 0 Å². The van der Waals surface area contributed by atoms with Crippen molar-refractivity contribution < 1.29 is 0 Å². The Balaban J connectivity index is 1.66. The topological polar surface area (TPSA) is 3.24 Å². The highest BCUT2D eigenvalue weighted by molar-refractivity contribution is 6.30. The molecule has 35 heavy (non-hydrogen) atoms. The van der Waals surface area contributed by atoms with Gasteiger partial charge in [0.05, 0.1) is 11.4 Å². The number of para-hydroxylation sites is 1. The Morgan fingerprint density at radius 3 is 2.00 bits per heavy atom. The Morgan fingerprint density at radius 2 is 1.20 bits per heavy atom. The van der Waals surface area contributed by atoms with Gasteiger partial charge >= 0.3 is 0 Å². The lowest BCUT2D eigenvalue weighted by atomic mass is 9.81. The molecule has 170 valence electrons. The lowest BCUT2D eigenvalue weighted by molar-refractivity contribution is 0.661. The number of hydrogen-bond acceptors (Lipinski definition) is 1. The maximum Gasteiger partial charge on any atom is 0.0540 e.